The van der Waals surface area contributed by atoms with E-state index in [9.17, 15) is 9.59 Å². The van der Waals surface area contributed by atoms with Crippen molar-refractivity contribution in [1.29, 1.82) is 0 Å². The number of hydrogen-bond donors (Lipinski definition) is 0. The van der Waals surface area contributed by atoms with Crippen molar-refractivity contribution in [1.82, 2.24) is 24.1 Å². The van der Waals surface area contributed by atoms with Gasteiger partial charge in [-0.3, -0.25) is 14.2 Å². The van der Waals surface area contributed by atoms with Gasteiger partial charge in [-0.25, -0.2) is 9.97 Å². The van der Waals surface area contributed by atoms with E-state index in [1.54, 1.807) is 11.5 Å². The van der Waals surface area contributed by atoms with Gasteiger partial charge in [-0.05, 0) is 25.3 Å². The van der Waals surface area contributed by atoms with Crippen molar-refractivity contribution in [2.45, 2.75) is 31.3 Å². The SMILES string of the molecule is CCn1c(SCc2nn3c(=O)cc(C)nc3s2)nc2ccsc2c1=O. The van der Waals surface area contributed by atoms with Crippen LogP contribution in [0.15, 0.2) is 32.3 Å². The summed E-state index contributed by atoms with van der Waals surface area (Å²) < 4.78 is 3.67. The topological polar surface area (TPSA) is 82.2 Å². The Kier molecular flexibility index (Phi) is 4.18. The molecule has 128 valence electrons. The molecule has 0 unspecified atom stereocenters. The van der Waals surface area contributed by atoms with Gasteiger partial charge < -0.3 is 0 Å². The van der Waals surface area contributed by atoms with Crippen LogP contribution in [0.5, 0.6) is 0 Å². The highest BCUT2D eigenvalue weighted by atomic mass is 32.2. The maximum absolute atomic E-state index is 12.5. The first-order valence-corrected chi connectivity index (χ1v) is 10.2. The summed E-state index contributed by atoms with van der Waals surface area (Å²) in [6, 6.07) is 3.32. The van der Waals surface area contributed by atoms with E-state index in [2.05, 4.69) is 15.1 Å². The first kappa shape index (κ1) is 16.4. The van der Waals surface area contributed by atoms with Crippen LogP contribution in [0.3, 0.4) is 0 Å². The first-order chi connectivity index (χ1) is 12.1. The molecule has 7 nitrogen and oxygen atoms in total. The van der Waals surface area contributed by atoms with Crippen molar-refractivity contribution >= 4 is 49.6 Å². The molecule has 4 aromatic heterocycles. The Bertz CT molecular complexity index is 1200. The summed E-state index contributed by atoms with van der Waals surface area (Å²) in [6.45, 7) is 4.27. The van der Waals surface area contributed by atoms with Crippen molar-refractivity contribution in [2.24, 2.45) is 0 Å². The van der Waals surface area contributed by atoms with Crippen LogP contribution in [0.4, 0.5) is 0 Å². The van der Waals surface area contributed by atoms with E-state index in [-0.39, 0.29) is 11.1 Å². The second kappa shape index (κ2) is 6.36. The van der Waals surface area contributed by atoms with Crippen LogP contribution in [-0.4, -0.2) is 24.1 Å². The summed E-state index contributed by atoms with van der Waals surface area (Å²) in [7, 11) is 0. The third kappa shape index (κ3) is 2.90. The molecule has 0 aromatic carbocycles. The lowest BCUT2D eigenvalue weighted by atomic mass is 10.5. The van der Waals surface area contributed by atoms with E-state index < -0.39 is 0 Å². The zero-order valence-electron chi connectivity index (χ0n) is 13.4. The zero-order valence-corrected chi connectivity index (χ0v) is 15.9. The van der Waals surface area contributed by atoms with E-state index in [0.29, 0.717) is 32.8 Å². The van der Waals surface area contributed by atoms with Crippen LogP contribution in [0, 0.1) is 6.92 Å². The van der Waals surface area contributed by atoms with Crippen LogP contribution in [0.1, 0.15) is 17.6 Å². The second-order valence-corrected chi connectivity index (χ2v) is 8.19. The van der Waals surface area contributed by atoms with Crippen molar-refractivity contribution in [2.75, 3.05) is 0 Å². The van der Waals surface area contributed by atoms with Gasteiger partial charge in [-0.1, -0.05) is 23.1 Å². The fourth-order valence-corrected chi connectivity index (χ4v) is 5.23. The molecule has 0 N–H and O–H groups in total. The molecule has 4 heterocycles. The number of hydrogen-bond acceptors (Lipinski definition) is 8. The molecule has 0 fully saturated rings. The Balaban J connectivity index is 1.69. The second-order valence-electron chi connectivity index (χ2n) is 5.29. The van der Waals surface area contributed by atoms with Gasteiger partial charge in [0, 0.05) is 18.3 Å². The molecule has 0 saturated carbocycles. The summed E-state index contributed by atoms with van der Waals surface area (Å²) in [4.78, 5) is 34.0. The number of rotatable bonds is 4. The highest BCUT2D eigenvalue weighted by Gasteiger charge is 2.13. The Labute approximate surface area is 154 Å². The zero-order chi connectivity index (χ0) is 17.6. The minimum Gasteiger partial charge on any atom is -0.287 e. The van der Waals surface area contributed by atoms with Gasteiger partial charge in [0.15, 0.2) is 5.16 Å². The molecule has 10 heteroatoms. The van der Waals surface area contributed by atoms with Gasteiger partial charge in [0.25, 0.3) is 11.1 Å². The molecule has 0 aliphatic carbocycles. The number of nitrogens with zero attached hydrogens (tertiary/aromatic N) is 5. The quantitative estimate of drug-likeness (QED) is 0.393. The number of aryl methyl sites for hydroxylation is 1. The molecule has 0 atom stereocenters. The monoisotopic (exact) mass is 391 g/mol. The molecule has 0 radical (unpaired) electrons. The van der Waals surface area contributed by atoms with Crippen LogP contribution in [0.2, 0.25) is 0 Å². The highest BCUT2D eigenvalue weighted by molar-refractivity contribution is 7.98. The lowest BCUT2D eigenvalue weighted by molar-refractivity contribution is 0.635. The maximum atomic E-state index is 12.5. The Hall–Kier alpha value is -2.04. The summed E-state index contributed by atoms with van der Waals surface area (Å²) in [5.74, 6) is 0.522. The maximum Gasteiger partial charge on any atom is 0.275 e. The molecule has 0 aliphatic heterocycles. The lowest BCUT2D eigenvalue weighted by Gasteiger charge is -2.08. The lowest BCUT2D eigenvalue weighted by Crippen LogP contribution is -2.21. The van der Waals surface area contributed by atoms with Gasteiger partial charge in [-0.15, -0.1) is 11.3 Å². The van der Waals surface area contributed by atoms with E-state index in [1.807, 2.05) is 18.4 Å². The molecule has 0 saturated heterocycles. The number of thiophene rings is 1. The third-order valence-corrected chi connectivity index (χ3v) is 6.56. The van der Waals surface area contributed by atoms with Gasteiger partial charge in [0.2, 0.25) is 4.96 Å². The molecule has 0 spiro atoms. The Morgan fingerprint density at radius 1 is 1.28 bits per heavy atom. The average Bonchev–Trinajstić information content (AvgIpc) is 3.19. The highest BCUT2D eigenvalue weighted by Crippen LogP contribution is 2.25. The fraction of sp³-hybridized carbons (Fsp3) is 0.267. The molecular weight excluding hydrogens is 378 g/mol. The average molecular weight is 392 g/mol. The molecule has 25 heavy (non-hydrogen) atoms. The standard InChI is InChI=1S/C15H13N5O2S3/c1-3-19-13(22)12-9(4-5-23-12)17-14(19)24-7-10-18-20-11(21)6-8(2)16-15(20)25-10/h4-6H,3,7H2,1-2H3. The molecule has 0 aliphatic rings. The van der Waals surface area contributed by atoms with Crippen molar-refractivity contribution < 1.29 is 0 Å². The van der Waals surface area contributed by atoms with E-state index in [4.69, 9.17) is 0 Å². The van der Waals surface area contributed by atoms with Crippen LogP contribution in [-0.2, 0) is 12.3 Å². The summed E-state index contributed by atoms with van der Waals surface area (Å²) in [5, 5.41) is 7.63. The molecular formula is C15H13N5O2S3. The molecule has 0 amide bonds. The fourth-order valence-electron chi connectivity index (χ4n) is 2.46. The molecule has 4 rings (SSSR count). The van der Waals surface area contributed by atoms with Crippen LogP contribution in [0.25, 0.3) is 15.2 Å². The summed E-state index contributed by atoms with van der Waals surface area (Å²) in [6.07, 6.45) is 0. The smallest absolute Gasteiger partial charge is 0.275 e. The summed E-state index contributed by atoms with van der Waals surface area (Å²) >= 11 is 4.23. The molecule has 4 aromatic rings. The van der Waals surface area contributed by atoms with E-state index in [0.717, 1.165) is 10.5 Å². The van der Waals surface area contributed by atoms with Crippen molar-refractivity contribution in [3.8, 4) is 0 Å². The molecule has 0 bridgehead atoms. The predicted molar refractivity (Wildman–Crippen MR) is 101 cm³/mol. The van der Waals surface area contributed by atoms with Crippen molar-refractivity contribution in [3.63, 3.8) is 0 Å². The minimum atomic E-state index is -0.182. The van der Waals surface area contributed by atoms with Gasteiger partial charge in [0.1, 0.15) is 9.71 Å². The van der Waals surface area contributed by atoms with Crippen LogP contribution >= 0.6 is 34.4 Å². The van der Waals surface area contributed by atoms with E-state index >= 15 is 0 Å². The minimum absolute atomic E-state index is 0.0113. The number of aromatic nitrogens is 5. The predicted octanol–water partition coefficient (Wildman–Crippen LogP) is 2.54. The Morgan fingerprint density at radius 2 is 2.12 bits per heavy atom. The number of thioether (sulfide) groups is 1. The largest absolute Gasteiger partial charge is 0.287 e. The van der Waals surface area contributed by atoms with Crippen molar-refractivity contribution in [3.05, 3.63) is 48.9 Å². The van der Waals surface area contributed by atoms with Gasteiger partial charge in [0.05, 0.1) is 11.3 Å². The van der Waals surface area contributed by atoms with Gasteiger partial charge >= 0.3 is 0 Å². The van der Waals surface area contributed by atoms with Crippen LogP contribution < -0.4 is 11.1 Å². The normalized spacial score (nSPS) is 11.6. The van der Waals surface area contributed by atoms with Gasteiger partial charge in [-0.2, -0.15) is 9.61 Å². The van der Waals surface area contributed by atoms with E-state index in [1.165, 1.54) is 45.0 Å². The Morgan fingerprint density at radius 3 is 2.92 bits per heavy atom. The summed E-state index contributed by atoms with van der Waals surface area (Å²) in [5.41, 5.74) is 1.21. The number of fused-ring (bicyclic) bond motifs is 2. The first-order valence-electron chi connectivity index (χ1n) is 7.54. The third-order valence-electron chi connectivity index (χ3n) is 3.59.